The second-order valence-corrected chi connectivity index (χ2v) is 5.61. The number of aliphatic hydroxyl groups is 2. The summed E-state index contributed by atoms with van der Waals surface area (Å²) in [4.78, 5) is 6.80. The number of anilines is 1. The van der Waals surface area contributed by atoms with Crippen molar-refractivity contribution in [3.05, 3.63) is 23.4 Å². The number of fused-ring (bicyclic) bond motifs is 1. The van der Waals surface area contributed by atoms with E-state index in [1.807, 2.05) is 19.1 Å². The Bertz CT molecular complexity index is 449. The fourth-order valence-corrected chi connectivity index (χ4v) is 3.40. The minimum absolute atomic E-state index is 0.0552. The van der Waals surface area contributed by atoms with E-state index in [1.54, 1.807) is 0 Å². The van der Waals surface area contributed by atoms with Crippen molar-refractivity contribution in [2.24, 2.45) is 11.8 Å². The van der Waals surface area contributed by atoms with Crippen molar-refractivity contribution < 1.29 is 10.2 Å². The van der Waals surface area contributed by atoms with Crippen LogP contribution >= 0.6 is 0 Å². The molecule has 2 fully saturated rings. The lowest BCUT2D eigenvalue weighted by atomic mass is 10.00. The molecular formula is C14H20N2O2. The Labute approximate surface area is 107 Å². The summed E-state index contributed by atoms with van der Waals surface area (Å²) in [5.74, 6) is 1.96. The average Bonchev–Trinajstić information content (AvgIpc) is 2.91. The van der Waals surface area contributed by atoms with E-state index in [0.29, 0.717) is 11.8 Å². The molecule has 0 radical (unpaired) electrons. The molecule has 1 aromatic rings. The van der Waals surface area contributed by atoms with Crippen LogP contribution in [0.5, 0.6) is 0 Å². The van der Waals surface area contributed by atoms with Crippen LogP contribution in [-0.4, -0.2) is 34.4 Å². The molecule has 1 saturated carbocycles. The second-order valence-electron chi connectivity index (χ2n) is 5.61. The molecule has 4 nitrogen and oxygen atoms in total. The minimum Gasteiger partial charge on any atom is -0.393 e. The molecule has 1 aromatic heterocycles. The Balaban J connectivity index is 1.82. The van der Waals surface area contributed by atoms with Gasteiger partial charge in [0, 0.05) is 24.7 Å². The average molecular weight is 248 g/mol. The van der Waals surface area contributed by atoms with Crippen LogP contribution in [0.15, 0.2) is 12.1 Å². The van der Waals surface area contributed by atoms with Gasteiger partial charge in [0.1, 0.15) is 5.82 Å². The minimum atomic E-state index is -0.137. The van der Waals surface area contributed by atoms with E-state index in [1.165, 1.54) is 0 Å². The van der Waals surface area contributed by atoms with Gasteiger partial charge in [-0.3, -0.25) is 0 Å². The number of aromatic nitrogens is 1. The third-order valence-corrected chi connectivity index (χ3v) is 4.33. The summed E-state index contributed by atoms with van der Waals surface area (Å²) in [5.41, 5.74) is 1.85. The van der Waals surface area contributed by atoms with Crippen LogP contribution in [0.3, 0.4) is 0 Å². The maximum absolute atomic E-state index is 9.93. The van der Waals surface area contributed by atoms with Gasteiger partial charge in [0.05, 0.1) is 12.7 Å². The summed E-state index contributed by atoms with van der Waals surface area (Å²) in [7, 11) is 0. The highest BCUT2D eigenvalue weighted by Gasteiger charge is 2.42. The summed E-state index contributed by atoms with van der Waals surface area (Å²) < 4.78 is 0. The van der Waals surface area contributed by atoms with Crippen molar-refractivity contribution in [1.29, 1.82) is 0 Å². The predicted molar refractivity (Wildman–Crippen MR) is 69.3 cm³/mol. The van der Waals surface area contributed by atoms with Crippen molar-refractivity contribution in [2.75, 3.05) is 18.0 Å². The predicted octanol–water partition coefficient (Wildman–Crippen LogP) is 1.09. The van der Waals surface area contributed by atoms with E-state index in [-0.39, 0.29) is 12.7 Å². The van der Waals surface area contributed by atoms with Crippen LogP contribution in [0.2, 0.25) is 0 Å². The Hall–Kier alpha value is -1.13. The molecule has 3 unspecified atom stereocenters. The fourth-order valence-electron chi connectivity index (χ4n) is 3.40. The van der Waals surface area contributed by atoms with Crippen LogP contribution in [0.1, 0.15) is 24.1 Å². The van der Waals surface area contributed by atoms with Crippen molar-refractivity contribution >= 4 is 5.82 Å². The summed E-state index contributed by atoms with van der Waals surface area (Å²) in [5, 5.41) is 19.2. The molecular weight excluding hydrogens is 228 g/mol. The molecule has 1 aliphatic heterocycles. The summed E-state index contributed by atoms with van der Waals surface area (Å²) in [6.45, 7) is 3.89. The molecule has 98 valence electrons. The molecule has 2 N–H and O–H groups in total. The zero-order chi connectivity index (χ0) is 12.7. The highest BCUT2D eigenvalue weighted by Crippen LogP contribution is 2.39. The maximum atomic E-state index is 9.93. The van der Waals surface area contributed by atoms with Gasteiger partial charge < -0.3 is 15.1 Å². The molecule has 0 spiro atoms. The zero-order valence-corrected chi connectivity index (χ0v) is 10.7. The lowest BCUT2D eigenvalue weighted by molar-refractivity contribution is 0.133. The molecule has 0 aromatic carbocycles. The molecule has 3 rings (SSSR count). The number of hydrogen-bond acceptors (Lipinski definition) is 4. The van der Waals surface area contributed by atoms with Gasteiger partial charge in [-0.25, -0.2) is 4.98 Å². The van der Waals surface area contributed by atoms with Crippen molar-refractivity contribution in [2.45, 2.75) is 32.5 Å². The quantitative estimate of drug-likeness (QED) is 0.822. The van der Waals surface area contributed by atoms with E-state index >= 15 is 0 Å². The number of hydrogen-bond donors (Lipinski definition) is 2. The Morgan fingerprint density at radius 1 is 1.33 bits per heavy atom. The first-order chi connectivity index (χ1) is 8.67. The van der Waals surface area contributed by atoms with Crippen molar-refractivity contribution in [3.63, 3.8) is 0 Å². The number of rotatable bonds is 2. The Morgan fingerprint density at radius 2 is 2.17 bits per heavy atom. The lowest BCUT2D eigenvalue weighted by Crippen LogP contribution is -2.25. The van der Waals surface area contributed by atoms with E-state index < -0.39 is 0 Å². The van der Waals surface area contributed by atoms with Gasteiger partial charge in [-0.15, -0.1) is 0 Å². The first-order valence-electron chi connectivity index (χ1n) is 6.69. The Kier molecular flexibility index (Phi) is 2.99. The second kappa shape index (κ2) is 4.52. The van der Waals surface area contributed by atoms with E-state index in [9.17, 15) is 10.2 Å². The van der Waals surface area contributed by atoms with E-state index in [2.05, 4.69) is 9.88 Å². The van der Waals surface area contributed by atoms with Crippen molar-refractivity contribution in [1.82, 2.24) is 4.98 Å². The molecule has 0 bridgehead atoms. The molecule has 0 amide bonds. The molecule has 2 aliphatic rings. The van der Waals surface area contributed by atoms with Crippen LogP contribution in [0.4, 0.5) is 5.82 Å². The molecule has 2 heterocycles. The van der Waals surface area contributed by atoms with Gasteiger partial charge >= 0.3 is 0 Å². The van der Waals surface area contributed by atoms with Gasteiger partial charge in [-0.1, -0.05) is 0 Å². The van der Waals surface area contributed by atoms with Crippen LogP contribution < -0.4 is 4.90 Å². The van der Waals surface area contributed by atoms with Gasteiger partial charge in [-0.2, -0.15) is 0 Å². The van der Waals surface area contributed by atoms with Crippen LogP contribution in [0, 0.1) is 18.8 Å². The highest BCUT2D eigenvalue weighted by molar-refractivity contribution is 5.44. The van der Waals surface area contributed by atoms with E-state index in [0.717, 1.165) is 43.0 Å². The Morgan fingerprint density at radius 3 is 2.89 bits per heavy atom. The third kappa shape index (κ3) is 1.99. The molecule has 4 heteroatoms. The number of aryl methyl sites for hydroxylation is 1. The topological polar surface area (TPSA) is 56.6 Å². The summed E-state index contributed by atoms with van der Waals surface area (Å²) in [6.07, 6.45) is 1.94. The van der Waals surface area contributed by atoms with Crippen molar-refractivity contribution in [3.8, 4) is 0 Å². The molecule has 1 saturated heterocycles. The first-order valence-corrected chi connectivity index (χ1v) is 6.69. The monoisotopic (exact) mass is 248 g/mol. The molecule has 3 atom stereocenters. The van der Waals surface area contributed by atoms with Crippen LogP contribution in [0.25, 0.3) is 0 Å². The van der Waals surface area contributed by atoms with Gasteiger partial charge in [0.15, 0.2) is 0 Å². The number of nitrogens with zero attached hydrogens (tertiary/aromatic N) is 2. The fraction of sp³-hybridized carbons (Fsp3) is 0.643. The SMILES string of the molecule is Cc1cc(CO)cc(N2CC3CCC(O)C3C2)n1. The van der Waals surface area contributed by atoms with Gasteiger partial charge in [0.25, 0.3) is 0 Å². The molecule has 1 aliphatic carbocycles. The summed E-state index contributed by atoms with van der Waals surface area (Å²) in [6, 6.07) is 3.87. The standard InChI is InChI=1S/C14H20N2O2/c1-9-4-10(8-17)5-14(15-9)16-6-11-2-3-13(18)12(11)7-16/h4-5,11-13,17-18H,2-3,6-8H2,1H3. The largest absolute Gasteiger partial charge is 0.393 e. The number of pyridine rings is 1. The first kappa shape index (κ1) is 11.9. The normalized spacial score (nSPS) is 30.8. The van der Waals surface area contributed by atoms with E-state index in [4.69, 9.17) is 0 Å². The maximum Gasteiger partial charge on any atom is 0.129 e. The lowest BCUT2D eigenvalue weighted by Gasteiger charge is -2.20. The molecule has 18 heavy (non-hydrogen) atoms. The highest BCUT2D eigenvalue weighted by atomic mass is 16.3. The van der Waals surface area contributed by atoms with Gasteiger partial charge in [0.2, 0.25) is 0 Å². The third-order valence-electron chi connectivity index (χ3n) is 4.33. The number of aliphatic hydroxyl groups excluding tert-OH is 2. The zero-order valence-electron chi connectivity index (χ0n) is 10.7. The van der Waals surface area contributed by atoms with Crippen LogP contribution in [-0.2, 0) is 6.61 Å². The smallest absolute Gasteiger partial charge is 0.129 e. The summed E-state index contributed by atoms with van der Waals surface area (Å²) >= 11 is 0. The van der Waals surface area contributed by atoms with Gasteiger partial charge in [-0.05, 0) is 43.4 Å².